The van der Waals surface area contributed by atoms with Gasteiger partial charge in [-0.1, -0.05) is 31.2 Å². The maximum atomic E-state index is 11.2. The summed E-state index contributed by atoms with van der Waals surface area (Å²) >= 11 is 0. The zero-order chi connectivity index (χ0) is 14.5. The molecule has 0 amide bonds. The van der Waals surface area contributed by atoms with Crippen LogP contribution in [0.25, 0.3) is 5.69 Å². The lowest BCUT2D eigenvalue weighted by Crippen LogP contribution is -2.05. The molecule has 0 saturated heterocycles. The summed E-state index contributed by atoms with van der Waals surface area (Å²) in [6.07, 6.45) is 2.44. The number of hydrogen-bond acceptors (Lipinski definition) is 4. The molecule has 6 nitrogen and oxygen atoms in total. The highest BCUT2D eigenvalue weighted by Crippen LogP contribution is 2.17. The lowest BCUT2D eigenvalue weighted by molar-refractivity contribution is 0.0691. The largest absolute Gasteiger partial charge is 0.476 e. The summed E-state index contributed by atoms with van der Waals surface area (Å²) in [5, 5.41) is 20.3. The van der Waals surface area contributed by atoms with E-state index in [1.54, 1.807) is 6.08 Å². The number of aromatic nitrogens is 3. The number of aryl methyl sites for hydroxylation is 1. The van der Waals surface area contributed by atoms with Crippen molar-refractivity contribution in [3.63, 3.8) is 0 Å². The van der Waals surface area contributed by atoms with Gasteiger partial charge in [-0.3, -0.25) is 0 Å². The Labute approximate surface area is 116 Å². The number of carbonyl (C=O) groups is 1. The van der Waals surface area contributed by atoms with Gasteiger partial charge in [0.15, 0.2) is 5.82 Å². The van der Waals surface area contributed by atoms with E-state index in [0.717, 1.165) is 17.7 Å². The fraction of sp³-hybridized carbons (Fsp3) is 0.214. The van der Waals surface area contributed by atoms with Crippen LogP contribution in [0.2, 0.25) is 0 Å². The first kappa shape index (κ1) is 13.8. The zero-order valence-electron chi connectivity index (χ0n) is 11.2. The van der Waals surface area contributed by atoms with E-state index >= 15 is 0 Å². The first-order chi connectivity index (χ1) is 9.67. The summed E-state index contributed by atoms with van der Waals surface area (Å²) in [6, 6.07) is 7.63. The lowest BCUT2D eigenvalue weighted by atomic mass is 10.1. The van der Waals surface area contributed by atoms with Crippen LogP contribution in [0.4, 0.5) is 5.82 Å². The Balaban J connectivity index is 2.47. The molecule has 20 heavy (non-hydrogen) atoms. The Morgan fingerprint density at radius 1 is 1.45 bits per heavy atom. The molecule has 1 aromatic carbocycles. The Bertz CT molecular complexity index is 634. The van der Waals surface area contributed by atoms with Crippen molar-refractivity contribution in [3.05, 3.63) is 48.2 Å². The molecule has 0 atom stereocenters. The van der Waals surface area contributed by atoms with E-state index in [1.807, 2.05) is 31.2 Å². The van der Waals surface area contributed by atoms with Gasteiger partial charge < -0.3 is 10.4 Å². The van der Waals surface area contributed by atoms with Gasteiger partial charge in [0.05, 0.1) is 5.69 Å². The highest BCUT2D eigenvalue weighted by molar-refractivity contribution is 5.90. The van der Waals surface area contributed by atoms with Crippen LogP contribution >= 0.6 is 0 Å². The zero-order valence-corrected chi connectivity index (χ0v) is 11.2. The second kappa shape index (κ2) is 6.01. The summed E-state index contributed by atoms with van der Waals surface area (Å²) in [5.74, 6) is -0.875. The number of nitrogens with zero attached hydrogens (tertiary/aromatic N) is 3. The van der Waals surface area contributed by atoms with Crippen LogP contribution in [-0.4, -0.2) is 32.6 Å². The second-order valence-electron chi connectivity index (χ2n) is 4.14. The van der Waals surface area contributed by atoms with Crippen molar-refractivity contribution < 1.29 is 9.90 Å². The van der Waals surface area contributed by atoms with Crippen molar-refractivity contribution in [2.24, 2.45) is 0 Å². The van der Waals surface area contributed by atoms with Crippen LogP contribution in [0.1, 0.15) is 23.0 Å². The average molecular weight is 272 g/mol. The van der Waals surface area contributed by atoms with Gasteiger partial charge in [0.1, 0.15) is 0 Å². The monoisotopic (exact) mass is 272 g/mol. The van der Waals surface area contributed by atoms with Crippen molar-refractivity contribution >= 4 is 11.8 Å². The Morgan fingerprint density at radius 2 is 2.20 bits per heavy atom. The third-order valence-corrected chi connectivity index (χ3v) is 2.82. The van der Waals surface area contributed by atoms with Gasteiger partial charge in [-0.2, -0.15) is 0 Å². The van der Waals surface area contributed by atoms with E-state index < -0.39 is 5.97 Å². The number of para-hydroxylation sites is 1. The SMILES string of the molecule is C=CCNc1nn(-c2ccccc2CC)nc1C(=O)O. The van der Waals surface area contributed by atoms with Crippen LogP contribution in [0.15, 0.2) is 36.9 Å². The molecule has 0 fully saturated rings. The maximum absolute atomic E-state index is 11.2. The van der Waals surface area contributed by atoms with Gasteiger partial charge in [-0.05, 0) is 18.1 Å². The predicted octanol–water partition coefficient (Wildman–Crippen LogP) is 2.13. The van der Waals surface area contributed by atoms with Crippen molar-refractivity contribution in [3.8, 4) is 5.69 Å². The molecule has 0 bridgehead atoms. The molecule has 0 aliphatic carbocycles. The molecule has 104 valence electrons. The lowest BCUT2D eigenvalue weighted by Gasteiger charge is -2.05. The molecule has 1 heterocycles. The van der Waals surface area contributed by atoms with E-state index in [2.05, 4.69) is 22.1 Å². The number of nitrogens with one attached hydrogen (secondary N) is 1. The van der Waals surface area contributed by atoms with Gasteiger partial charge in [0.2, 0.25) is 5.69 Å². The maximum Gasteiger partial charge on any atom is 0.360 e. The number of aromatic carboxylic acids is 1. The van der Waals surface area contributed by atoms with Gasteiger partial charge in [-0.25, -0.2) is 4.79 Å². The van der Waals surface area contributed by atoms with E-state index in [4.69, 9.17) is 0 Å². The van der Waals surface area contributed by atoms with Crippen LogP contribution < -0.4 is 5.32 Å². The van der Waals surface area contributed by atoms with Crippen LogP contribution in [-0.2, 0) is 6.42 Å². The van der Waals surface area contributed by atoms with Crippen molar-refractivity contribution in [2.45, 2.75) is 13.3 Å². The van der Waals surface area contributed by atoms with Crippen molar-refractivity contribution in [1.82, 2.24) is 15.0 Å². The molecule has 0 aliphatic rings. The number of anilines is 1. The second-order valence-corrected chi connectivity index (χ2v) is 4.14. The molecule has 6 heteroatoms. The molecule has 1 aromatic heterocycles. The molecular formula is C14H16N4O2. The number of carboxylic acids is 1. The van der Waals surface area contributed by atoms with Gasteiger partial charge >= 0.3 is 5.97 Å². The topological polar surface area (TPSA) is 80.0 Å². The highest BCUT2D eigenvalue weighted by Gasteiger charge is 2.18. The van der Waals surface area contributed by atoms with Crippen molar-refractivity contribution in [1.29, 1.82) is 0 Å². The molecule has 2 rings (SSSR count). The van der Waals surface area contributed by atoms with E-state index in [-0.39, 0.29) is 11.5 Å². The van der Waals surface area contributed by atoms with Crippen molar-refractivity contribution in [2.75, 3.05) is 11.9 Å². The first-order valence-electron chi connectivity index (χ1n) is 6.31. The normalized spacial score (nSPS) is 10.2. The Morgan fingerprint density at radius 3 is 2.85 bits per heavy atom. The minimum atomic E-state index is -1.11. The highest BCUT2D eigenvalue weighted by atomic mass is 16.4. The smallest absolute Gasteiger partial charge is 0.360 e. The minimum Gasteiger partial charge on any atom is -0.476 e. The molecule has 0 unspecified atom stereocenters. The summed E-state index contributed by atoms with van der Waals surface area (Å²) in [6.45, 7) is 6.03. The summed E-state index contributed by atoms with van der Waals surface area (Å²) in [5.41, 5.74) is 1.73. The van der Waals surface area contributed by atoms with Crippen LogP contribution in [0, 0.1) is 0 Å². The average Bonchev–Trinajstić information content (AvgIpc) is 2.89. The molecule has 0 radical (unpaired) electrons. The predicted molar refractivity (Wildman–Crippen MR) is 76.4 cm³/mol. The standard InChI is InChI=1S/C14H16N4O2/c1-3-9-15-13-12(14(19)20)16-18(17-13)11-8-6-5-7-10(11)4-2/h3,5-8H,1,4,9H2,2H3,(H,15,17)(H,19,20). The molecular weight excluding hydrogens is 256 g/mol. The van der Waals surface area contributed by atoms with Crippen LogP contribution in [0.5, 0.6) is 0 Å². The third-order valence-electron chi connectivity index (χ3n) is 2.82. The van der Waals surface area contributed by atoms with E-state index in [9.17, 15) is 9.90 Å². The van der Waals surface area contributed by atoms with Gasteiger partial charge in [0.25, 0.3) is 0 Å². The molecule has 0 saturated carbocycles. The van der Waals surface area contributed by atoms with Gasteiger partial charge in [-0.15, -0.1) is 21.6 Å². The Hall–Kier alpha value is -2.63. The molecule has 0 spiro atoms. The number of rotatable bonds is 6. The van der Waals surface area contributed by atoms with E-state index in [1.165, 1.54) is 4.80 Å². The number of hydrogen-bond donors (Lipinski definition) is 2. The summed E-state index contributed by atoms with van der Waals surface area (Å²) in [7, 11) is 0. The van der Waals surface area contributed by atoms with Gasteiger partial charge in [0, 0.05) is 6.54 Å². The molecule has 2 N–H and O–H groups in total. The summed E-state index contributed by atoms with van der Waals surface area (Å²) < 4.78 is 0. The third kappa shape index (κ3) is 2.69. The first-order valence-corrected chi connectivity index (χ1v) is 6.31. The summed E-state index contributed by atoms with van der Waals surface area (Å²) in [4.78, 5) is 12.6. The minimum absolute atomic E-state index is 0.0993. The fourth-order valence-electron chi connectivity index (χ4n) is 1.85. The molecule has 2 aromatic rings. The Kier molecular flexibility index (Phi) is 4.14. The fourth-order valence-corrected chi connectivity index (χ4v) is 1.85. The number of benzene rings is 1. The van der Waals surface area contributed by atoms with Crippen LogP contribution in [0.3, 0.4) is 0 Å². The van der Waals surface area contributed by atoms with E-state index in [0.29, 0.717) is 6.54 Å². The quantitative estimate of drug-likeness (QED) is 0.787. The number of carboxylic acid groups (broad SMARTS) is 1. The molecule has 0 aliphatic heterocycles.